The summed E-state index contributed by atoms with van der Waals surface area (Å²) in [7, 11) is 0. The van der Waals surface area contributed by atoms with E-state index >= 15 is 0 Å². The summed E-state index contributed by atoms with van der Waals surface area (Å²) in [6.07, 6.45) is 6.86. The Bertz CT molecular complexity index is 568. The Morgan fingerprint density at radius 3 is 1.74 bits per heavy atom. The molecule has 0 aliphatic heterocycles. The molecule has 0 unspecified atom stereocenters. The van der Waals surface area contributed by atoms with Gasteiger partial charge in [-0.3, -0.25) is 0 Å². The number of hydrogen-bond donors (Lipinski definition) is 2. The second kappa shape index (κ2) is 6.75. The molecule has 3 heteroatoms. The first kappa shape index (κ1) is 16.7. The molecule has 0 radical (unpaired) electrons. The van der Waals surface area contributed by atoms with E-state index in [0.29, 0.717) is 5.92 Å². The zero-order valence-electron chi connectivity index (χ0n) is 13.2. The molecule has 2 N–H and O–H groups in total. The molecule has 0 atom stereocenters. The van der Waals surface area contributed by atoms with E-state index < -0.39 is 0 Å². The standard InChI is InChI=1S/C15H19O2.C5H5.Fe/c16-13-2-1-12(15(13)17)14-10-4-8-3-9(6-10)7-11(14)5-8;1-2-4-5-3-1;/h1-2,8-11,14,16-17H,3-7H2;1-5H;/q-1;-5;. The summed E-state index contributed by atoms with van der Waals surface area (Å²) in [4.78, 5) is 0. The maximum atomic E-state index is 9.97. The summed E-state index contributed by atoms with van der Waals surface area (Å²) in [6, 6.07) is 13.6. The van der Waals surface area contributed by atoms with Crippen LogP contribution in [0.5, 0.6) is 11.5 Å². The Hall–Kier alpha value is -1.18. The fraction of sp³-hybridized carbons (Fsp3) is 0.500. The van der Waals surface area contributed by atoms with Gasteiger partial charge < -0.3 is 40.5 Å². The molecule has 0 spiro atoms. The van der Waals surface area contributed by atoms with Crippen molar-refractivity contribution in [3.8, 4) is 11.5 Å². The molecule has 4 saturated carbocycles. The summed E-state index contributed by atoms with van der Waals surface area (Å²) in [6.45, 7) is 0. The van der Waals surface area contributed by atoms with E-state index in [1.54, 1.807) is 6.07 Å². The van der Waals surface area contributed by atoms with Crippen LogP contribution in [0.3, 0.4) is 0 Å². The van der Waals surface area contributed by atoms with Crippen LogP contribution in [-0.4, -0.2) is 10.2 Å². The van der Waals surface area contributed by atoms with Crippen LogP contribution in [-0.2, 0) is 17.1 Å². The summed E-state index contributed by atoms with van der Waals surface area (Å²) in [5.41, 5.74) is 1.02. The van der Waals surface area contributed by atoms with Crippen molar-refractivity contribution in [3.63, 3.8) is 0 Å². The molecule has 23 heavy (non-hydrogen) atoms. The molecular formula is C20H24FeO2-6. The monoisotopic (exact) mass is 352 g/mol. The molecule has 0 amide bonds. The van der Waals surface area contributed by atoms with Crippen molar-refractivity contribution in [2.24, 2.45) is 23.7 Å². The van der Waals surface area contributed by atoms with E-state index in [2.05, 4.69) is 0 Å². The van der Waals surface area contributed by atoms with Crippen molar-refractivity contribution in [2.75, 3.05) is 0 Å². The molecule has 2 aromatic rings. The van der Waals surface area contributed by atoms with E-state index in [9.17, 15) is 10.2 Å². The third kappa shape index (κ3) is 3.09. The first-order valence-corrected chi connectivity index (χ1v) is 8.56. The van der Waals surface area contributed by atoms with Crippen LogP contribution >= 0.6 is 0 Å². The fourth-order valence-electron chi connectivity index (χ4n) is 5.50. The van der Waals surface area contributed by atoms with E-state index in [4.69, 9.17) is 0 Å². The first-order chi connectivity index (χ1) is 10.7. The molecule has 4 fully saturated rings. The topological polar surface area (TPSA) is 40.5 Å². The van der Waals surface area contributed by atoms with Crippen LogP contribution in [0.4, 0.5) is 0 Å². The van der Waals surface area contributed by atoms with E-state index in [0.717, 1.165) is 29.2 Å². The van der Waals surface area contributed by atoms with Crippen LogP contribution in [0.15, 0.2) is 42.5 Å². The molecule has 4 aliphatic carbocycles. The quantitative estimate of drug-likeness (QED) is 0.574. The van der Waals surface area contributed by atoms with Crippen molar-refractivity contribution in [2.45, 2.75) is 38.0 Å². The normalized spacial score (nSPS) is 33.7. The van der Waals surface area contributed by atoms with Crippen molar-refractivity contribution in [3.05, 3.63) is 48.0 Å². The second-order valence-corrected chi connectivity index (χ2v) is 7.44. The minimum absolute atomic E-state index is 0. The van der Waals surface area contributed by atoms with Gasteiger partial charge in [-0.15, -0.1) is 6.07 Å². The Labute approximate surface area is 148 Å². The molecule has 2 aromatic carbocycles. The summed E-state index contributed by atoms with van der Waals surface area (Å²) >= 11 is 0. The molecular weight excluding hydrogens is 328 g/mol. The number of hydrogen-bond acceptors (Lipinski definition) is 2. The van der Waals surface area contributed by atoms with Gasteiger partial charge in [-0.05, 0) is 55.8 Å². The van der Waals surface area contributed by atoms with Gasteiger partial charge in [0.25, 0.3) is 0 Å². The fourth-order valence-corrected chi connectivity index (χ4v) is 5.50. The minimum Gasteiger partial charge on any atom is -0.748 e. The third-order valence-corrected chi connectivity index (χ3v) is 6.08. The Morgan fingerprint density at radius 1 is 0.870 bits per heavy atom. The first-order valence-electron chi connectivity index (χ1n) is 8.56. The van der Waals surface area contributed by atoms with Crippen molar-refractivity contribution in [1.82, 2.24) is 0 Å². The van der Waals surface area contributed by atoms with Crippen molar-refractivity contribution in [1.29, 1.82) is 0 Å². The summed E-state index contributed by atoms with van der Waals surface area (Å²) in [5.74, 6) is 4.18. The molecule has 6 rings (SSSR count). The predicted molar refractivity (Wildman–Crippen MR) is 87.2 cm³/mol. The SMILES string of the molecule is Oc1c(C2C3CC4CC(C3)CC2C4)cc[c-]1O.[Fe].[cH-]1[cH-][cH-][cH-][cH-]1. The average molecular weight is 352 g/mol. The smallest absolute Gasteiger partial charge is 0.0426 e. The second-order valence-electron chi connectivity index (χ2n) is 7.44. The molecule has 4 aliphatic rings. The molecule has 2 nitrogen and oxygen atoms in total. The van der Waals surface area contributed by atoms with E-state index in [1.807, 2.05) is 36.4 Å². The van der Waals surface area contributed by atoms with Gasteiger partial charge in [0, 0.05) is 28.6 Å². The van der Waals surface area contributed by atoms with Crippen LogP contribution in [0.1, 0.15) is 43.6 Å². The van der Waals surface area contributed by atoms with Crippen molar-refractivity contribution < 1.29 is 27.3 Å². The molecule has 0 saturated heterocycles. The molecule has 130 valence electrons. The number of rotatable bonds is 1. The molecule has 4 bridgehead atoms. The average Bonchev–Trinajstić information content (AvgIpc) is 3.15. The Balaban J connectivity index is 0.000000226. The van der Waals surface area contributed by atoms with Gasteiger partial charge in [-0.25, -0.2) is 6.07 Å². The summed E-state index contributed by atoms with van der Waals surface area (Å²) in [5, 5.41) is 19.5. The largest absolute Gasteiger partial charge is 0.748 e. The zero-order chi connectivity index (χ0) is 15.1. The van der Waals surface area contributed by atoms with Crippen LogP contribution in [0.25, 0.3) is 0 Å². The number of aromatic hydroxyl groups is 2. The van der Waals surface area contributed by atoms with Crippen LogP contribution in [0.2, 0.25) is 0 Å². The zero-order valence-corrected chi connectivity index (χ0v) is 14.3. The van der Waals surface area contributed by atoms with Gasteiger partial charge in [0.2, 0.25) is 0 Å². The van der Waals surface area contributed by atoms with Gasteiger partial charge in [0.1, 0.15) is 0 Å². The van der Waals surface area contributed by atoms with Gasteiger partial charge >= 0.3 is 0 Å². The van der Waals surface area contributed by atoms with Crippen LogP contribution < -0.4 is 0 Å². The molecule has 0 heterocycles. The predicted octanol–water partition coefficient (Wildman–Crippen LogP) is 4.76. The Morgan fingerprint density at radius 2 is 1.35 bits per heavy atom. The summed E-state index contributed by atoms with van der Waals surface area (Å²) < 4.78 is 0. The van der Waals surface area contributed by atoms with Crippen molar-refractivity contribution >= 4 is 0 Å². The Kier molecular flexibility index (Phi) is 4.89. The van der Waals surface area contributed by atoms with Gasteiger partial charge in [0.15, 0.2) is 0 Å². The maximum Gasteiger partial charge on any atom is 0.0426 e. The molecule has 0 aromatic heterocycles. The maximum absolute atomic E-state index is 9.97. The minimum atomic E-state index is 0. The van der Waals surface area contributed by atoms with Gasteiger partial charge in [-0.1, -0.05) is 5.92 Å². The van der Waals surface area contributed by atoms with Gasteiger partial charge in [0.05, 0.1) is 0 Å². The van der Waals surface area contributed by atoms with E-state index in [1.165, 1.54) is 32.1 Å². The third-order valence-electron chi connectivity index (χ3n) is 6.08. The van der Waals surface area contributed by atoms with Gasteiger partial charge in [-0.2, -0.15) is 5.56 Å². The van der Waals surface area contributed by atoms with E-state index in [-0.39, 0.29) is 28.6 Å². The van der Waals surface area contributed by atoms with Crippen LogP contribution in [0, 0.1) is 23.7 Å².